The van der Waals surface area contributed by atoms with Gasteiger partial charge >= 0.3 is 0 Å². The van der Waals surface area contributed by atoms with Gasteiger partial charge in [-0.2, -0.15) is 0 Å². The highest BCUT2D eigenvalue weighted by molar-refractivity contribution is 7.93. The van der Waals surface area contributed by atoms with Crippen molar-refractivity contribution in [2.75, 3.05) is 4.72 Å². The Morgan fingerprint density at radius 1 is 1.04 bits per heavy atom. The van der Waals surface area contributed by atoms with Crippen LogP contribution in [-0.2, 0) is 16.6 Å². The number of thiazole rings is 1. The number of carbonyl (C=O) groups excluding carboxylic acids is 1. The molecule has 0 saturated carbocycles. The van der Waals surface area contributed by atoms with Gasteiger partial charge in [-0.05, 0) is 36.4 Å². The lowest BCUT2D eigenvalue weighted by molar-refractivity contribution is 0.0950. The Kier molecular flexibility index (Phi) is 5.66. The third-order valence-electron chi connectivity index (χ3n) is 3.65. The Bertz CT molecular complexity index is 1100. The summed E-state index contributed by atoms with van der Waals surface area (Å²) in [4.78, 5) is 15.8. The molecule has 0 aliphatic heterocycles. The standard InChI is InChI=1S/C17H12F3N3O3S2/c18-13-5-6-14(19)15(20)12(13)9-22-16(24)10-1-3-11(4-2-10)28(25,26)23-17-21-7-8-27-17/h1-8H,9H2,(H,21,23)(H,22,24). The van der Waals surface area contributed by atoms with Crippen LogP contribution in [0.25, 0.3) is 0 Å². The molecule has 0 radical (unpaired) electrons. The van der Waals surface area contributed by atoms with Crippen molar-refractivity contribution in [2.24, 2.45) is 0 Å². The molecule has 2 aromatic carbocycles. The molecule has 3 rings (SSSR count). The van der Waals surface area contributed by atoms with Crippen molar-refractivity contribution in [3.63, 3.8) is 0 Å². The van der Waals surface area contributed by atoms with Crippen LogP contribution in [0.3, 0.4) is 0 Å². The fraction of sp³-hybridized carbons (Fsp3) is 0.0588. The van der Waals surface area contributed by atoms with Gasteiger partial charge in [0.25, 0.3) is 15.9 Å². The SMILES string of the molecule is O=C(NCc1c(F)ccc(F)c1F)c1ccc(S(=O)(=O)Nc2nccs2)cc1. The molecular formula is C17H12F3N3O3S2. The number of sulfonamides is 1. The van der Waals surface area contributed by atoms with Gasteiger partial charge < -0.3 is 5.32 Å². The molecule has 146 valence electrons. The number of rotatable bonds is 6. The third kappa shape index (κ3) is 4.31. The van der Waals surface area contributed by atoms with Gasteiger partial charge in [-0.1, -0.05) is 0 Å². The average molecular weight is 427 g/mol. The van der Waals surface area contributed by atoms with Crippen molar-refractivity contribution >= 4 is 32.4 Å². The third-order valence-corrected chi connectivity index (χ3v) is 5.82. The maximum Gasteiger partial charge on any atom is 0.263 e. The van der Waals surface area contributed by atoms with Crippen LogP contribution in [0.1, 0.15) is 15.9 Å². The van der Waals surface area contributed by atoms with E-state index in [9.17, 15) is 26.4 Å². The molecule has 3 aromatic rings. The van der Waals surface area contributed by atoms with Gasteiger partial charge in [-0.15, -0.1) is 11.3 Å². The molecule has 1 aromatic heterocycles. The van der Waals surface area contributed by atoms with Crippen LogP contribution < -0.4 is 10.0 Å². The minimum Gasteiger partial charge on any atom is -0.348 e. The highest BCUT2D eigenvalue weighted by atomic mass is 32.2. The summed E-state index contributed by atoms with van der Waals surface area (Å²) in [6, 6.07) is 6.29. The van der Waals surface area contributed by atoms with Crippen LogP contribution >= 0.6 is 11.3 Å². The summed E-state index contributed by atoms with van der Waals surface area (Å²) in [6.45, 7) is -0.570. The second-order valence-electron chi connectivity index (χ2n) is 5.47. The van der Waals surface area contributed by atoms with E-state index in [4.69, 9.17) is 0 Å². The van der Waals surface area contributed by atoms with Crippen molar-refractivity contribution in [2.45, 2.75) is 11.4 Å². The van der Waals surface area contributed by atoms with E-state index < -0.39 is 45.5 Å². The molecule has 28 heavy (non-hydrogen) atoms. The van der Waals surface area contributed by atoms with E-state index in [1.165, 1.54) is 30.5 Å². The van der Waals surface area contributed by atoms with Crippen molar-refractivity contribution < 1.29 is 26.4 Å². The minimum absolute atomic E-state index is 0.0606. The molecule has 1 amide bonds. The summed E-state index contributed by atoms with van der Waals surface area (Å²) < 4.78 is 67.1. The highest BCUT2D eigenvalue weighted by Gasteiger charge is 2.18. The van der Waals surface area contributed by atoms with Gasteiger partial charge in [0, 0.05) is 29.2 Å². The maximum atomic E-state index is 13.6. The number of amides is 1. The number of carbonyl (C=O) groups is 1. The van der Waals surface area contributed by atoms with E-state index in [1.54, 1.807) is 5.38 Å². The summed E-state index contributed by atoms with van der Waals surface area (Å²) >= 11 is 1.11. The molecule has 0 bridgehead atoms. The molecule has 0 spiro atoms. The number of aromatic nitrogens is 1. The molecule has 1 heterocycles. The number of nitrogens with zero attached hydrogens (tertiary/aromatic N) is 1. The molecule has 0 unspecified atom stereocenters. The Morgan fingerprint density at radius 2 is 1.71 bits per heavy atom. The van der Waals surface area contributed by atoms with E-state index in [1.807, 2.05) is 0 Å². The Balaban J connectivity index is 1.70. The van der Waals surface area contributed by atoms with Gasteiger partial charge in [-0.25, -0.2) is 26.6 Å². The Labute approximate surface area is 162 Å². The summed E-state index contributed by atoms with van der Waals surface area (Å²) in [5, 5.41) is 4.06. The largest absolute Gasteiger partial charge is 0.348 e. The first-order valence-corrected chi connectivity index (χ1v) is 10.1. The predicted molar refractivity (Wildman–Crippen MR) is 96.9 cm³/mol. The van der Waals surface area contributed by atoms with Crippen LogP contribution in [0.2, 0.25) is 0 Å². The Hall–Kier alpha value is -2.92. The molecule has 0 aliphatic carbocycles. The number of anilines is 1. The molecule has 0 atom stereocenters. The van der Waals surface area contributed by atoms with Gasteiger partial charge in [0.15, 0.2) is 16.8 Å². The fourth-order valence-corrected chi connectivity index (χ4v) is 4.02. The summed E-state index contributed by atoms with van der Waals surface area (Å²) in [7, 11) is -3.87. The van der Waals surface area contributed by atoms with E-state index in [0.717, 1.165) is 17.4 Å². The van der Waals surface area contributed by atoms with Crippen LogP contribution in [0.15, 0.2) is 52.9 Å². The number of nitrogens with one attached hydrogen (secondary N) is 2. The molecule has 11 heteroatoms. The molecule has 2 N–H and O–H groups in total. The topological polar surface area (TPSA) is 88.2 Å². The number of hydrogen-bond donors (Lipinski definition) is 2. The maximum absolute atomic E-state index is 13.6. The lowest BCUT2D eigenvalue weighted by atomic mass is 10.1. The normalized spacial score (nSPS) is 11.2. The van der Waals surface area contributed by atoms with Crippen molar-refractivity contribution in [1.29, 1.82) is 0 Å². The lowest BCUT2D eigenvalue weighted by Crippen LogP contribution is -2.24. The number of halogens is 3. The lowest BCUT2D eigenvalue weighted by Gasteiger charge is -2.09. The van der Waals surface area contributed by atoms with Crippen LogP contribution in [0.5, 0.6) is 0 Å². The number of hydrogen-bond acceptors (Lipinski definition) is 5. The summed E-state index contributed by atoms with van der Waals surface area (Å²) in [5.41, 5.74) is -0.550. The molecular weight excluding hydrogens is 415 g/mol. The molecule has 0 saturated heterocycles. The average Bonchev–Trinajstić information content (AvgIpc) is 3.17. The first-order chi connectivity index (χ1) is 13.3. The minimum atomic E-state index is -3.87. The first kappa shape index (κ1) is 19.8. The summed E-state index contributed by atoms with van der Waals surface area (Å²) in [5.74, 6) is -4.31. The van der Waals surface area contributed by atoms with Crippen molar-refractivity contribution in [3.05, 3.63) is 76.6 Å². The van der Waals surface area contributed by atoms with Crippen molar-refractivity contribution in [1.82, 2.24) is 10.3 Å². The van der Waals surface area contributed by atoms with Crippen molar-refractivity contribution in [3.8, 4) is 0 Å². The molecule has 6 nitrogen and oxygen atoms in total. The van der Waals surface area contributed by atoms with E-state index in [2.05, 4.69) is 15.0 Å². The van der Waals surface area contributed by atoms with Gasteiger partial charge in [0.05, 0.1) is 4.90 Å². The highest BCUT2D eigenvalue weighted by Crippen LogP contribution is 2.19. The van der Waals surface area contributed by atoms with Gasteiger partial charge in [0.2, 0.25) is 0 Å². The smallest absolute Gasteiger partial charge is 0.263 e. The molecule has 0 fully saturated rings. The van der Waals surface area contributed by atoms with Crippen LogP contribution in [0.4, 0.5) is 18.3 Å². The number of benzene rings is 2. The monoisotopic (exact) mass is 427 g/mol. The van der Waals surface area contributed by atoms with Gasteiger partial charge in [0.1, 0.15) is 5.82 Å². The van der Waals surface area contributed by atoms with E-state index >= 15 is 0 Å². The fourth-order valence-electron chi connectivity index (χ4n) is 2.24. The van der Waals surface area contributed by atoms with E-state index in [-0.39, 0.29) is 15.6 Å². The first-order valence-electron chi connectivity index (χ1n) is 7.71. The second-order valence-corrected chi connectivity index (χ2v) is 8.05. The Morgan fingerprint density at radius 3 is 2.36 bits per heavy atom. The van der Waals surface area contributed by atoms with E-state index in [0.29, 0.717) is 6.07 Å². The second kappa shape index (κ2) is 7.98. The van der Waals surface area contributed by atoms with Crippen LogP contribution in [-0.4, -0.2) is 19.3 Å². The van der Waals surface area contributed by atoms with Gasteiger partial charge in [-0.3, -0.25) is 9.52 Å². The van der Waals surface area contributed by atoms with Crippen LogP contribution in [0, 0.1) is 17.5 Å². The quantitative estimate of drug-likeness (QED) is 0.591. The zero-order chi connectivity index (χ0) is 20.3. The zero-order valence-corrected chi connectivity index (χ0v) is 15.6. The predicted octanol–water partition coefficient (Wildman–Crippen LogP) is 3.29. The summed E-state index contributed by atoms with van der Waals surface area (Å²) in [6.07, 6.45) is 1.44. The zero-order valence-electron chi connectivity index (χ0n) is 13.9. The molecule has 0 aliphatic rings.